The number of nitrogens with zero attached hydrogens (tertiary/aromatic N) is 3. The average Bonchev–Trinajstić information content (AvgIpc) is 3.14. The van der Waals surface area contributed by atoms with Crippen LogP contribution < -0.4 is 16.2 Å². The Morgan fingerprint density at radius 2 is 2.15 bits per heavy atom. The maximum atomic E-state index is 13.2. The number of hydrogen-bond acceptors (Lipinski definition) is 6. The first kappa shape index (κ1) is 18.2. The molecular weight excluding hydrogens is 361 g/mol. The van der Waals surface area contributed by atoms with Crippen molar-refractivity contribution in [1.29, 1.82) is 5.26 Å². The van der Waals surface area contributed by atoms with Gasteiger partial charge in [0.1, 0.15) is 18.3 Å². The molecule has 3 aliphatic rings. The number of likely N-dealkylation sites (tertiary alicyclic amines) is 1. The Morgan fingerprint density at radius 1 is 1.33 bits per heavy atom. The summed E-state index contributed by atoms with van der Waals surface area (Å²) in [6.45, 7) is -0.434. The molecule has 27 heavy (non-hydrogen) atoms. The highest BCUT2D eigenvalue weighted by atomic mass is 19.4. The van der Waals surface area contributed by atoms with Gasteiger partial charge in [-0.1, -0.05) is 6.07 Å². The van der Waals surface area contributed by atoms with Gasteiger partial charge in [-0.25, -0.2) is 4.98 Å². The van der Waals surface area contributed by atoms with Crippen LogP contribution in [0.5, 0.6) is 0 Å². The first-order chi connectivity index (χ1) is 12.9. The molecule has 0 bridgehead atoms. The highest BCUT2D eigenvalue weighted by molar-refractivity contribution is 5.82. The number of nitriles is 1. The molecule has 0 aliphatic carbocycles. The molecule has 0 saturated carbocycles. The van der Waals surface area contributed by atoms with Crippen molar-refractivity contribution in [3.05, 3.63) is 29.6 Å². The number of alkyl halides is 3. The van der Waals surface area contributed by atoms with E-state index in [0.717, 1.165) is 4.90 Å². The van der Waals surface area contributed by atoms with E-state index in [9.17, 15) is 23.2 Å². The van der Waals surface area contributed by atoms with E-state index < -0.39 is 30.6 Å². The molecular formula is C17H19F3N6O. The number of carbonyl (C=O) groups excluding carboxylic acids is 1. The first-order valence-corrected chi connectivity index (χ1v) is 8.83. The normalized spacial score (nSPS) is 33.3. The van der Waals surface area contributed by atoms with Crippen molar-refractivity contribution < 1.29 is 18.0 Å². The number of halogens is 3. The van der Waals surface area contributed by atoms with Gasteiger partial charge in [0, 0.05) is 37.3 Å². The van der Waals surface area contributed by atoms with E-state index in [-0.39, 0.29) is 23.7 Å². The van der Waals surface area contributed by atoms with Crippen LogP contribution in [0, 0.1) is 17.2 Å². The van der Waals surface area contributed by atoms with E-state index in [1.807, 2.05) is 6.07 Å². The van der Waals surface area contributed by atoms with Crippen molar-refractivity contribution in [2.24, 2.45) is 5.92 Å². The minimum absolute atomic E-state index is 0.191. The second-order valence-corrected chi connectivity index (χ2v) is 7.23. The molecule has 0 aromatic carbocycles. The molecule has 4 rings (SSSR count). The summed E-state index contributed by atoms with van der Waals surface area (Å²) in [6.07, 6.45) is -2.60. The van der Waals surface area contributed by atoms with E-state index in [1.165, 1.54) is 6.20 Å². The zero-order valence-corrected chi connectivity index (χ0v) is 14.3. The number of hydrazine groups is 1. The maximum absolute atomic E-state index is 13.2. The van der Waals surface area contributed by atoms with Gasteiger partial charge in [0.15, 0.2) is 0 Å². The minimum atomic E-state index is -4.47. The molecule has 144 valence electrons. The fourth-order valence-corrected chi connectivity index (χ4v) is 4.56. The zero-order valence-electron chi connectivity index (χ0n) is 14.3. The standard InChI is InChI=1S/C17H19F3N6O/c18-17(19,20)8-26-13-4-9(10-2-1-3-22-12(10)5-21)6-23-15(13)14-11(16(26)27)7-24-25-14/h1-3,9,11,13-15,23-25H,4,6-8H2. The quantitative estimate of drug-likeness (QED) is 0.682. The van der Waals surface area contributed by atoms with E-state index in [1.54, 1.807) is 12.1 Å². The van der Waals surface area contributed by atoms with Gasteiger partial charge in [-0.05, 0) is 18.1 Å². The molecule has 0 radical (unpaired) electrons. The number of rotatable bonds is 2. The summed E-state index contributed by atoms with van der Waals surface area (Å²) in [4.78, 5) is 17.8. The van der Waals surface area contributed by atoms with Crippen LogP contribution in [-0.4, -0.2) is 59.7 Å². The molecule has 3 fully saturated rings. The van der Waals surface area contributed by atoms with Crippen LogP contribution in [0.15, 0.2) is 18.3 Å². The molecule has 3 N–H and O–H groups in total. The molecule has 3 saturated heterocycles. The van der Waals surface area contributed by atoms with Crippen LogP contribution in [0.1, 0.15) is 23.6 Å². The SMILES string of the molecule is N#Cc1ncccc1C1CNC2C3NNCC3C(=O)N(CC(F)(F)F)C2C1. The van der Waals surface area contributed by atoms with Crippen molar-refractivity contribution in [3.63, 3.8) is 0 Å². The molecule has 1 aromatic rings. The van der Waals surface area contributed by atoms with Gasteiger partial charge in [0.05, 0.1) is 12.0 Å². The van der Waals surface area contributed by atoms with E-state index in [4.69, 9.17) is 0 Å². The molecule has 1 amide bonds. The highest BCUT2D eigenvalue weighted by Crippen LogP contribution is 2.37. The van der Waals surface area contributed by atoms with Crippen molar-refractivity contribution in [2.45, 2.75) is 36.6 Å². The summed E-state index contributed by atoms with van der Waals surface area (Å²) < 4.78 is 39.5. The number of amides is 1. The van der Waals surface area contributed by atoms with Crippen molar-refractivity contribution >= 4 is 5.91 Å². The Kier molecular flexibility index (Phi) is 4.53. The van der Waals surface area contributed by atoms with Crippen LogP contribution >= 0.6 is 0 Å². The van der Waals surface area contributed by atoms with Crippen LogP contribution in [0.25, 0.3) is 0 Å². The van der Waals surface area contributed by atoms with Gasteiger partial charge in [-0.15, -0.1) is 0 Å². The fourth-order valence-electron chi connectivity index (χ4n) is 4.56. The van der Waals surface area contributed by atoms with Gasteiger partial charge in [0.2, 0.25) is 5.91 Å². The van der Waals surface area contributed by atoms with E-state index in [0.29, 0.717) is 25.1 Å². The fraction of sp³-hybridized carbons (Fsp3) is 0.588. The van der Waals surface area contributed by atoms with Gasteiger partial charge in [-0.2, -0.15) is 18.4 Å². The predicted molar refractivity (Wildman–Crippen MR) is 88.1 cm³/mol. The summed E-state index contributed by atoms with van der Waals surface area (Å²) in [5.41, 5.74) is 6.91. The minimum Gasteiger partial charge on any atom is -0.329 e. The Bertz CT molecular complexity index is 779. The maximum Gasteiger partial charge on any atom is 0.406 e. The van der Waals surface area contributed by atoms with E-state index >= 15 is 0 Å². The largest absolute Gasteiger partial charge is 0.406 e. The molecule has 4 heterocycles. The number of pyridine rings is 1. The van der Waals surface area contributed by atoms with Gasteiger partial charge >= 0.3 is 6.18 Å². The molecule has 3 aliphatic heterocycles. The molecule has 0 spiro atoms. The topological polar surface area (TPSA) is 93.1 Å². The van der Waals surface area contributed by atoms with Crippen LogP contribution in [0.2, 0.25) is 0 Å². The second kappa shape index (κ2) is 6.74. The second-order valence-electron chi connectivity index (χ2n) is 7.23. The summed E-state index contributed by atoms with van der Waals surface area (Å²) in [6, 6.07) is 4.37. The Hall–Kier alpha value is -2.22. The Labute approximate surface area is 153 Å². The first-order valence-electron chi connectivity index (χ1n) is 8.83. The number of hydrogen-bond donors (Lipinski definition) is 3. The monoisotopic (exact) mass is 380 g/mol. The molecule has 1 aromatic heterocycles. The van der Waals surface area contributed by atoms with Crippen LogP contribution in [0.4, 0.5) is 13.2 Å². The third-order valence-electron chi connectivity index (χ3n) is 5.69. The Balaban J connectivity index is 1.65. The number of nitrogens with one attached hydrogen (secondary N) is 3. The van der Waals surface area contributed by atoms with Crippen LogP contribution in [0.3, 0.4) is 0 Å². The number of fused-ring (bicyclic) bond motifs is 3. The number of piperidine rings is 2. The lowest BCUT2D eigenvalue weighted by Crippen LogP contribution is -2.71. The van der Waals surface area contributed by atoms with Crippen molar-refractivity contribution in [2.75, 3.05) is 19.6 Å². The summed E-state index contributed by atoms with van der Waals surface area (Å²) in [7, 11) is 0. The van der Waals surface area contributed by atoms with Crippen molar-refractivity contribution in [1.82, 2.24) is 26.1 Å². The summed E-state index contributed by atoms with van der Waals surface area (Å²) in [5.74, 6) is -1.19. The lowest BCUT2D eigenvalue weighted by atomic mass is 9.76. The molecule has 5 unspecified atom stereocenters. The average molecular weight is 380 g/mol. The van der Waals surface area contributed by atoms with Gasteiger partial charge in [-0.3, -0.25) is 15.6 Å². The smallest absolute Gasteiger partial charge is 0.329 e. The third kappa shape index (κ3) is 3.26. The van der Waals surface area contributed by atoms with Gasteiger partial charge in [0.25, 0.3) is 0 Å². The predicted octanol–water partition coefficient (Wildman–Crippen LogP) is 0.264. The summed E-state index contributed by atoms with van der Waals surface area (Å²) in [5, 5.41) is 12.6. The zero-order chi connectivity index (χ0) is 19.2. The number of aromatic nitrogens is 1. The molecule has 10 heteroatoms. The highest BCUT2D eigenvalue weighted by Gasteiger charge is 2.54. The molecule has 5 atom stereocenters. The number of carbonyl (C=O) groups is 1. The van der Waals surface area contributed by atoms with Crippen LogP contribution in [-0.2, 0) is 4.79 Å². The van der Waals surface area contributed by atoms with E-state index in [2.05, 4.69) is 21.2 Å². The third-order valence-corrected chi connectivity index (χ3v) is 5.69. The lowest BCUT2D eigenvalue weighted by molar-refractivity contribution is -0.176. The van der Waals surface area contributed by atoms with Gasteiger partial charge < -0.3 is 10.2 Å². The molecule has 7 nitrogen and oxygen atoms in total. The Morgan fingerprint density at radius 3 is 2.89 bits per heavy atom. The van der Waals surface area contributed by atoms with Crippen molar-refractivity contribution in [3.8, 4) is 6.07 Å². The summed E-state index contributed by atoms with van der Waals surface area (Å²) >= 11 is 0. The lowest BCUT2D eigenvalue weighted by Gasteiger charge is -2.50.